The molecule has 0 aromatic heterocycles. The van der Waals surface area contributed by atoms with Gasteiger partial charge in [-0.3, -0.25) is 19.8 Å². The van der Waals surface area contributed by atoms with E-state index in [-0.39, 0.29) is 16.5 Å². The first-order valence-corrected chi connectivity index (χ1v) is 8.54. The van der Waals surface area contributed by atoms with Gasteiger partial charge in [0.15, 0.2) is 0 Å². The molecule has 1 amide bonds. The fraction of sp³-hybridized carbons (Fsp3) is 0.316. The SMILES string of the molecule is O=C(c1cccc(F)c1)N1CCCN(Cc2ccccc2[N+](=O)[O-])CC1. The van der Waals surface area contributed by atoms with Gasteiger partial charge in [0.25, 0.3) is 11.6 Å². The Morgan fingerprint density at radius 2 is 1.88 bits per heavy atom. The maximum absolute atomic E-state index is 13.3. The number of nitrogens with zero attached hydrogens (tertiary/aromatic N) is 3. The van der Waals surface area contributed by atoms with Crippen molar-refractivity contribution in [3.8, 4) is 0 Å². The van der Waals surface area contributed by atoms with Crippen LogP contribution in [-0.4, -0.2) is 46.8 Å². The molecule has 0 bridgehead atoms. The van der Waals surface area contributed by atoms with E-state index in [1.807, 2.05) is 0 Å². The van der Waals surface area contributed by atoms with Crippen molar-refractivity contribution < 1.29 is 14.1 Å². The lowest BCUT2D eigenvalue weighted by Crippen LogP contribution is -2.35. The molecule has 1 fully saturated rings. The van der Waals surface area contributed by atoms with Gasteiger partial charge in [0, 0.05) is 49.9 Å². The summed E-state index contributed by atoms with van der Waals surface area (Å²) < 4.78 is 13.3. The maximum Gasteiger partial charge on any atom is 0.273 e. The van der Waals surface area contributed by atoms with E-state index >= 15 is 0 Å². The summed E-state index contributed by atoms with van der Waals surface area (Å²) in [5, 5.41) is 11.2. The van der Waals surface area contributed by atoms with E-state index in [0.29, 0.717) is 37.3 Å². The molecule has 0 unspecified atom stereocenters. The van der Waals surface area contributed by atoms with Crippen molar-refractivity contribution in [2.75, 3.05) is 26.2 Å². The zero-order valence-corrected chi connectivity index (χ0v) is 14.3. The Hall–Kier alpha value is -2.80. The molecule has 0 aliphatic carbocycles. The highest BCUT2D eigenvalue weighted by Crippen LogP contribution is 2.20. The molecule has 0 spiro atoms. The van der Waals surface area contributed by atoms with Gasteiger partial charge in [0.1, 0.15) is 5.82 Å². The van der Waals surface area contributed by atoms with Gasteiger partial charge in [-0.15, -0.1) is 0 Å². The van der Waals surface area contributed by atoms with Crippen molar-refractivity contribution in [1.29, 1.82) is 0 Å². The van der Waals surface area contributed by atoms with Crippen LogP contribution in [0.15, 0.2) is 48.5 Å². The van der Waals surface area contributed by atoms with Crippen LogP contribution >= 0.6 is 0 Å². The van der Waals surface area contributed by atoms with E-state index in [0.717, 1.165) is 13.0 Å². The molecule has 1 saturated heterocycles. The van der Waals surface area contributed by atoms with Crippen LogP contribution in [0.3, 0.4) is 0 Å². The fourth-order valence-corrected chi connectivity index (χ4v) is 3.20. The van der Waals surface area contributed by atoms with E-state index in [4.69, 9.17) is 0 Å². The van der Waals surface area contributed by atoms with Crippen molar-refractivity contribution in [2.24, 2.45) is 0 Å². The highest BCUT2D eigenvalue weighted by Gasteiger charge is 2.22. The topological polar surface area (TPSA) is 66.7 Å². The molecule has 1 aliphatic rings. The number of hydrogen-bond donors (Lipinski definition) is 0. The molecule has 0 N–H and O–H groups in total. The van der Waals surface area contributed by atoms with Gasteiger partial charge in [0.2, 0.25) is 0 Å². The number of nitro benzene ring substituents is 1. The highest BCUT2D eigenvalue weighted by molar-refractivity contribution is 5.94. The molecular formula is C19H20FN3O3. The van der Waals surface area contributed by atoms with Crippen molar-refractivity contribution in [2.45, 2.75) is 13.0 Å². The standard InChI is InChI=1S/C19H20FN3O3/c20-17-7-3-6-15(13-17)19(24)22-10-4-9-21(11-12-22)14-16-5-1-2-8-18(16)23(25)26/h1-3,5-8,13H,4,9-12,14H2. The minimum Gasteiger partial charge on any atom is -0.337 e. The van der Waals surface area contributed by atoms with Crippen LogP contribution in [0.2, 0.25) is 0 Å². The average molecular weight is 357 g/mol. The minimum absolute atomic E-state index is 0.115. The number of carbonyl (C=O) groups is 1. The number of halogens is 1. The lowest BCUT2D eigenvalue weighted by Gasteiger charge is -2.22. The van der Waals surface area contributed by atoms with Gasteiger partial charge >= 0.3 is 0 Å². The highest BCUT2D eigenvalue weighted by atomic mass is 19.1. The number of carbonyl (C=O) groups excluding carboxylic acids is 1. The lowest BCUT2D eigenvalue weighted by atomic mass is 10.1. The predicted octanol–water partition coefficient (Wildman–Crippen LogP) is 3.08. The Morgan fingerprint density at radius 1 is 1.08 bits per heavy atom. The van der Waals surface area contributed by atoms with Crippen molar-refractivity contribution in [1.82, 2.24) is 9.80 Å². The lowest BCUT2D eigenvalue weighted by molar-refractivity contribution is -0.385. The van der Waals surface area contributed by atoms with Crippen LogP contribution in [0, 0.1) is 15.9 Å². The first-order chi connectivity index (χ1) is 12.5. The molecule has 26 heavy (non-hydrogen) atoms. The molecule has 3 rings (SSSR count). The Balaban J connectivity index is 1.65. The first-order valence-electron chi connectivity index (χ1n) is 8.54. The summed E-state index contributed by atoms with van der Waals surface area (Å²) in [6, 6.07) is 12.4. The van der Waals surface area contributed by atoms with Crippen LogP contribution in [0.5, 0.6) is 0 Å². The van der Waals surface area contributed by atoms with Crippen molar-refractivity contribution >= 4 is 11.6 Å². The molecule has 2 aromatic carbocycles. The average Bonchev–Trinajstić information content (AvgIpc) is 2.87. The van der Waals surface area contributed by atoms with E-state index in [9.17, 15) is 19.3 Å². The maximum atomic E-state index is 13.3. The number of rotatable bonds is 4. The van der Waals surface area contributed by atoms with E-state index < -0.39 is 5.82 Å². The van der Waals surface area contributed by atoms with Gasteiger partial charge in [0.05, 0.1) is 4.92 Å². The van der Waals surface area contributed by atoms with Crippen LogP contribution in [0.25, 0.3) is 0 Å². The van der Waals surface area contributed by atoms with Crippen molar-refractivity contribution in [3.05, 3.63) is 75.6 Å². The molecule has 7 heteroatoms. The smallest absolute Gasteiger partial charge is 0.273 e. The molecule has 0 radical (unpaired) electrons. The fourth-order valence-electron chi connectivity index (χ4n) is 3.20. The summed E-state index contributed by atoms with van der Waals surface area (Å²) in [6.07, 6.45) is 0.766. The molecule has 136 valence electrons. The minimum atomic E-state index is -0.427. The van der Waals surface area contributed by atoms with Crippen LogP contribution in [0.1, 0.15) is 22.3 Å². The third-order valence-electron chi connectivity index (χ3n) is 4.53. The van der Waals surface area contributed by atoms with Gasteiger partial charge in [-0.2, -0.15) is 0 Å². The van der Waals surface area contributed by atoms with E-state index in [1.54, 1.807) is 29.2 Å². The third-order valence-corrected chi connectivity index (χ3v) is 4.53. The zero-order chi connectivity index (χ0) is 18.5. The van der Waals surface area contributed by atoms with Gasteiger partial charge in [-0.1, -0.05) is 24.3 Å². The van der Waals surface area contributed by atoms with Crippen LogP contribution < -0.4 is 0 Å². The summed E-state index contributed by atoms with van der Waals surface area (Å²) in [7, 11) is 0. The number of amides is 1. The second kappa shape index (κ2) is 8.05. The summed E-state index contributed by atoms with van der Waals surface area (Å²) >= 11 is 0. The Labute approximate surface area is 151 Å². The number of para-hydroxylation sites is 1. The van der Waals surface area contributed by atoms with Crippen LogP contribution in [-0.2, 0) is 6.54 Å². The molecule has 2 aromatic rings. The molecule has 1 heterocycles. The molecular weight excluding hydrogens is 337 g/mol. The predicted molar refractivity (Wildman–Crippen MR) is 95.3 cm³/mol. The molecule has 1 aliphatic heterocycles. The number of hydrogen-bond acceptors (Lipinski definition) is 4. The van der Waals surface area contributed by atoms with Gasteiger partial charge < -0.3 is 4.90 Å². The summed E-state index contributed by atoms with van der Waals surface area (Å²) in [4.78, 5) is 27.2. The summed E-state index contributed by atoms with van der Waals surface area (Å²) in [6.45, 7) is 2.93. The number of nitro groups is 1. The first kappa shape index (κ1) is 18.0. The Morgan fingerprint density at radius 3 is 2.65 bits per heavy atom. The molecule has 0 atom stereocenters. The van der Waals surface area contributed by atoms with Crippen LogP contribution in [0.4, 0.5) is 10.1 Å². The monoisotopic (exact) mass is 357 g/mol. The van der Waals surface area contributed by atoms with E-state index in [2.05, 4.69) is 4.90 Å². The quantitative estimate of drug-likeness (QED) is 0.623. The van der Waals surface area contributed by atoms with Crippen molar-refractivity contribution in [3.63, 3.8) is 0 Å². The summed E-state index contributed by atoms with van der Waals surface area (Å²) in [5.74, 6) is -0.610. The Kier molecular flexibility index (Phi) is 5.58. The largest absolute Gasteiger partial charge is 0.337 e. The summed E-state index contributed by atoms with van der Waals surface area (Å²) in [5.41, 5.74) is 1.13. The zero-order valence-electron chi connectivity index (χ0n) is 14.3. The second-order valence-electron chi connectivity index (χ2n) is 6.32. The molecule has 0 saturated carbocycles. The third kappa shape index (κ3) is 4.23. The molecule has 6 nitrogen and oxygen atoms in total. The second-order valence-corrected chi connectivity index (χ2v) is 6.32. The number of benzene rings is 2. The normalized spacial score (nSPS) is 15.5. The van der Waals surface area contributed by atoms with Gasteiger partial charge in [-0.25, -0.2) is 4.39 Å². The van der Waals surface area contributed by atoms with E-state index in [1.165, 1.54) is 24.3 Å². The Bertz CT molecular complexity index is 812. The van der Waals surface area contributed by atoms with Gasteiger partial charge in [-0.05, 0) is 24.6 Å².